The smallest absolute Gasteiger partial charge is 0.126 e. The van der Waals surface area contributed by atoms with Crippen LogP contribution in [0.1, 0.15) is 18.5 Å². The van der Waals surface area contributed by atoms with Gasteiger partial charge < -0.3 is 10.5 Å². The summed E-state index contributed by atoms with van der Waals surface area (Å²) in [4.78, 5) is 0. The molecule has 3 heteroatoms. The van der Waals surface area contributed by atoms with E-state index >= 15 is 0 Å². The molecule has 0 radical (unpaired) electrons. The summed E-state index contributed by atoms with van der Waals surface area (Å²) in [7, 11) is 1.58. The van der Waals surface area contributed by atoms with Gasteiger partial charge in [0.25, 0.3) is 0 Å². The van der Waals surface area contributed by atoms with Gasteiger partial charge >= 0.3 is 0 Å². The lowest BCUT2D eigenvalue weighted by Crippen LogP contribution is -2.04. The van der Waals surface area contributed by atoms with Crippen LogP contribution < -0.4 is 10.5 Å². The summed E-state index contributed by atoms with van der Waals surface area (Å²) in [5.74, 6) is 0.381. The molecule has 2 aromatic carbocycles. The maximum absolute atomic E-state index is 13.3. The van der Waals surface area contributed by atoms with E-state index in [0.717, 1.165) is 16.7 Å². The van der Waals surface area contributed by atoms with Crippen molar-refractivity contribution in [2.45, 2.75) is 13.0 Å². The average molecular weight is 245 g/mol. The lowest BCUT2D eigenvalue weighted by Gasteiger charge is -2.10. The Morgan fingerprint density at radius 1 is 1.11 bits per heavy atom. The van der Waals surface area contributed by atoms with Gasteiger partial charge in [-0.15, -0.1) is 0 Å². The number of halogens is 1. The Hall–Kier alpha value is -1.87. The zero-order valence-corrected chi connectivity index (χ0v) is 10.5. The normalized spacial score (nSPS) is 12.2. The predicted octanol–water partition coefficient (Wildman–Crippen LogP) is 3.52. The molecule has 2 aromatic rings. The highest BCUT2D eigenvalue weighted by molar-refractivity contribution is 5.70. The van der Waals surface area contributed by atoms with Crippen molar-refractivity contribution >= 4 is 0 Å². The van der Waals surface area contributed by atoms with Crippen molar-refractivity contribution in [2.75, 3.05) is 7.11 Å². The molecule has 0 aliphatic rings. The van der Waals surface area contributed by atoms with Gasteiger partial charge in [-0.3, -0.25) is 0 Å². The minimum atomic E-state index is -0.276. The summed E-state index contributed by atoms with van der Waals surface area (Å²) in [5.41, 5.74) is 8.50. The maximum Gasteiger partial charge on any atom is 0.126 e. The number of rotatable bonds is 3. The minimum Gasteiger partial charge on any atom is -0.496 e. The molecule has 2 rings (SSSR count). The third kappa shape index (κ3) is 2.51. The molecule has 0 fully saturated rings. The molecule has 0 saturated heterocycles. The van der Waals surface area contributed by atoms with Crippen LogP contribution in [0.4, 0.5) is 4.39 Å². The van der Waals surface area contributed by atoms with Crippen molar-refractivity contribution in [3.8, 4) is 16.9 Å². The number of hydrogen-bond donors (Lipinski definition) is 1. The van der Waals surface area contributed by atoms with Crippen LogP contribution in [0.15, 0.2) is 42.5 Å². The predicted molar refractivity (Wildman–Crippen MR) is 71.0 cm³/mol. The Kier molecular flexibility index (Phi) is 3.63. The fraction of sp³-hybridized carbons (Fsp3) is 0.200. The van der Waals surface area contributed by atoms with E-state index in [4.69, 9.17) is 10.5 Å². The molecule has 0 heterocycles. The Bertz CT molecular complexity index is 535. The molecule has 0 bridgehead atoms. The van der Waals surface area contributed by atoms with Crippen molar-refractivity contribution in [1.82, 2.24) is 0 Å². The van der Waals surface area contributed by atoms with E-state index < -0.39 is 0 Å². The van der Waals surface area contributed by atoms with Gasteiger partial charge in [-0.25, -0.2) is 4.39 Å². The zero-order chi connectivity index (χ0) is 13.1. The summed E-state index contributed by atoms with van der Waals surface area (Å²) in [6.07, 6.45) is 0. The van der Waals surface area contributed by atoms with Gasteiger partial charge in [0, 0.05) is 11.6 Å². The molecule has 94 valence electrons. The van der Waals surface area contributed by atoms with Crippen LogP contribution in [0, 0.1) is 5.82 Å². The minimum absolute atomic E-state index is 0.00606. The van der Waals surface area contributed by atoms with Gasteiger partial charge in [-0.2, -0.15) is 0 Å². The molecule has 0 aliphatic heterocycles. The summed E-state index contributed by atoms with van der Waals surface area (Å²) >= 11 is 0. The van der Waals surface area contributed by atoms with E-state index in [0.29, 0.717) is 5.75 Å². The highest BCUT2D eigenvalue weighted by Gasteiger charge is 2.08. The highest BCUT2D eigenvalue weighted by atomic mass is 19.1. The van der Waals surface area contributed by atoms with Gasteiger partial charge in [-0.1, -0.05) is 24.3 Å². The quantitative estimate of drug-likeness (QED) is 0.898. The molecule has 2 nitrogen and oxygen atoms in total. The molecule has 2 N–H and O–H groups in total. The van der Waals surface area contributed by atoms with Crippen LogP contribution in [0.3, 0.4) is 0 Å². The average Bonchev–Trinajstić information content (AvgIpc) is 2.39. The third-order valence-corrected chi connectivity index (χ3v) is 2.91. The second kappa shape index (κ2) is 5.19. The largest absolute Gasteiger partial charge is 0.496 e. The van der Waals surface area contributed by atoms with Gasteiger partial charge in [0.1, 0.15) is 11.6 Å². The summed E-state index contributed by atoms with van der Waals surface area (Å²) in [6.45, 7) is 1.93. The molecule has 0 saturated carbocycles. The first-order valence-corrected chi connectivity index (χ1v) is 5.81. The standard InChI is InChI=1S/C15H16FNO/c1-10(17)11-3-5-12(6-4-11)14-9-13(16)7-8-15(14)18-2/h3-10H,17H2,1-2H3/t10-/m1/s1. The van der Waals surface area contributed by atoms with Crippen molar-refractivity contribution in [2.24, 2.45) is 5.73 Å². The Morgan fingerprint density at radius 3 is 2.33 bits per heavy atom. The van der Waals surface area contributed by atoms with E-state index in [1.54, 1.807) is 13.2 Å². The zero-order valence-electron chi connectivity index (χ0n) is 10.5. The molecular formula is C15H16FNO. The Morgan fingerprint density at radius 2 is 1.78 bits per heavy atom. The van der Waals surface area contributed by atoms with Crippen LogP contribution in [0.25, 0.3) is 11.1 Å². The number of nitrogens with two attached hydrogens (primary N) is 1. The third-order valence-electron chi connectivity index (χ3n) is 2.91. The van der Waals surface area contributed by atoms with Gasteiger partial charge in [-0.05, 0) is 36.2 Å². The molecule has 1 atom stereocenters. The second-order valence-corrected chi connectivity index (χ2v) is 4.26. The monoisotopic (exact) mass is 245 g/mol. The summed E-state index contributed by atoms with van der Waals surface area (Å²) < 4.78 is 18.5. The van der Waals surface area contributed by atoms with E-state index in [1.165, 1.54) is 12.1 Å². The van der Waals surface area contributed by atoms with Gasteiger partial charge in [0.2, 0.25) is 0 Å². The summed E-state index contributed by atoms with van der Waals surface area (Å²) in [5, 5.41) is 0. The first-order chi connectivity index (χ1) is 8.61. The topological polar surface area (TPSA) is 35.2 Å². The number of ether oxygens (including phenoxy) is 1. The first kappa shape index (κ1) is 12.6. The fourth-order valence-corrected chi connectivity index (χ4v) is 1.87. The lowest BCUT2D eigenvalue weighted by molar-refractivity contribution is 0.415. The molecule has 0 aliphatic carbocycles. The molecule has 0 spiro atoms. The number of methoxy groups -OCH3 is 1. The van der Waals surface area contributed by atoms with E-state index in [1.807, 2.05) is 31.2 Å². The SMILES string of the molecule is COc1ccc(F)cc1-c1ccc([C@@H](C)N)cc1. The van der Waals surface area contributed by atoms with Crippen molar-refractivity contribution in [1.29, 1.82) is 0 Å². The van der Waals surface area contributed by atoms with Crippen molar-refractivity contribution < 1.29 is 9.13 Å². The molecule has 0 amide bonds. The molecule has 0 unspecified atom stereocenters. The second-order valence-electron chi connectivity index (χ2n) is 4.26. The number of hydrogen-bond acceptors (Lipinski definition) is 2. The van der Waals surface area contributed by atoms with Crippen LogP contribution in [-0.2, 0) is 0 Å². The van der Waals surface area contributed by atoms with Crippen molar-refractivity contribution in [3.05, 3.63) is 53.8 Å². The molecule has 18 heavy (non-hydrogen) atoms. The van der Waals surface area contributed by atoms with Crippen LogP contribution in [-0.4, -0.2) is 7.11 Å². The highest BCUT2D eigenvalue weighted by Crippen LogP contribution is 2.31. The van der Waals surface area contributed by atoms with Crippen LogP contribution in [0.5, 0.6) is 5.75 Å². The van der Waals surface area contributed by atoms with Crippen molar-refractivity contribution in [3.63, 3.8) is 0 Å². The van der Waals surface area contributed by atoms with Crippen LogP contribution >= 0.6 is 0 Å². The number of benzene rings is 2. The first-order valence-electron chi connectivity index (χ1n) is 5.81. The van der Waals surface area contributed by atoms with E-state index in [9.17, 15) is 4.39 Å². The Balaban J connectivity index is 2.44. The van der Waals surface area contributed by atoms with Crippen LogP contribution in [0.2, 0.25) is 0 Å². The van der Waals surface area contributed by atoms with Gasteiger partial charge in [0.05, 0.1) is 7.11 Å². The molecular weight excluding hydrogens is 229 g/mol. The maximum atomic E-state index is 13.3. The van der Waals surface area contributed by atoms with Gasteiger partial charge in [0.15, 0.2) is 0 Å². The lowest BCUT2D eigenvalue weighted by atomic mass is 10.0. The van der Waals surface area contributed by atoms with E-state index in [-0.39, 0.29) is 11.9 Å². The van der Waals surface area contributed by atoms with E-state index in [2.05, 4.69) is 0 Å². The Labute approximate surface area is 106 Å². The summed E-state index contributed by atoms with van der Waals surface area (Å²) in [6, 6.07) is 12.2. The fourth-order valence-electron chi connectivity index (χ4n) is 1.87. The molecule has 0 aromatic heterocycles.